The largest absolute Gasteiger partial charge is 0.495 e. The summed E-state index contributed by atoms with van der Waals surface area (Å²) < 4.78 is 14.9. The lowest BCUT2D eigenvalue weighted by atomic mass is 9.76. The maximum absolute atomic E-state index is 6.27. The highest BCUT2D eigenvalue weighted by Crippen LogP contribution is 2.40. The van der Waals surface area contributed by atoms with Gasteiger partial charge >= 0.3 is 7.12 Å². The number of fused-ring (bicyclic) bond motifs is 3. The smallest absolute Gasteiger partial charge is 0.399 e. The predicted octanol–water partition coefficient (Wildman–Crippen LogP) is 3.94. The SMILES string of the molecule is CC1(C)OB(c2cccc3sc4cccc(N)c4c23)OC1(C)C. The Hall–Kier alpha value is -1.56. The standard InChI is InChI=1S/C18H20BNO2S/c1-17(2)18(3,4)22-19(21-17)11-7-5-9-13-15(11)16-12(20)8-6-10-14(16)23-13/h5-10H,20H2,1-4H3. The van der Waals surface area contributed by atoms with Crippen molar-refractivity contribution in [3.63, 3.8) is 0 Å². The molecular formula is C18H20BNO2S. The van der Waals surface area contributed by atoms with E-state index in [9.17, 15) is 0 Å². The molecule has 1 fully saturated rings. The molecule has 1 saturated heterocycles. The third-order valence-electron chi connectivity index (χ3n) is 5.09. The van der Waals surface area contributed by atoms with Gasteiger partial charge in [-0.25, -0.2) is 0 Å². The molecule has 0 atom stereocenters. The molecule has 1 aliphatic heterocycles. The molecule has 5 heteroatoms. The highest BCUT2D eigenvalue weighted by molar-refractivity contribution is 7.26. The normalized spacial score (nSPS) is 19.7. The monoisotopic (exact) mass is 325 g/mol. The topological polar surface area (TPSA) is 44.5 Å². The van der Waals surface area contributed by atoms with Crippen molar-refractivity contribution < 1.29 is 9.31 Å². The average Bonchev–Trinajstić information content (AvgIpc) is 2.94. The number of benzene rings is 2. The number of thiophene rings is 1. The molecule has 3 nitrogen and oxygen atoms in total. The second-order valence-corrected chi connectivity index (χ2v) is 8.21. The first-order valence-electron chi connectivity index (χ1n) is 7.85. The van der Waals surface area contributed by atoms with Gasteiger partial charge in [0.2, 0.25) is 0 Å². The molecule has 4 rings (SSSR count). The summed E-state index contributed by atoms with van der Waals surface area (Å²) in [5.74, 6) is 0. The first-order chi connectivity index (χ1) is 10.8. The van der Waals surface area contributed by atoms with Crippen LogP contribution in [0.15, 0.2) is 36.4 Å². The Balaban J connectivity index is 1.97. The Kier molecular flexibility index (Phi) is 3.08. The van der Waals surface area contributed by atoms with Gasteiger partial charge in [-0.05, 0) is 51.4 Å². The summed E-state index contributed by atoms with van der Waals surface area (Å²) in [6, 6.07) is 12.4. The molecular weight excluding hydrogens is 305 g/mol. The third-order valence-corrected chi connectivity index (χ3v) is 6.21. The minimum absolute atomic E-state index is 0.350. The van der Waals surface area contributed by atoms with E-state index >= 15 is 0 Å². The van der Waals surface area contributed by atoms with Crippen molar-refractivity contribution in [1.82, 2.24) is 0 Å². The van der Waals surface area contributed by atoms with Crippen molar-refractivity contribution in [2.45, 2.75) is 38.9 Å². The van der Waals surface area contributed by atoms with Gasteiger partial charge in [0.15, 0.2) is 0 Å². The molecule has 23 heavy (non-hydrogen) atoms. The molecule has 0 spiro atoms. The highest BCUT2D eigenvalue weighted by Gasteiger charge is 2.52. The molecule has 1 aromatic heterocycles. The molecule has 2 N–H and O–H groups in total. The van der Waals surface area contributed by atoms with E-state index in [0.29, 0.717) is 0 Å². The van der Waals surface area contributed by atoms with Crippen LogP contribution in [0.2, 0.25) is 0 Å². The molecule has 0 aliphatic carbocycles. The van der Waals surface area contributed by atoms with Crippen molar-refractivity contribution in [3.8, 4) is 0 Å². The number of anilines is 1. The van der Waals surface area contributed by atoms with E-state index < -0.39 is 0 Å². The Morgan fingerprint density at radius 3 is 2.09 bits per heavy atom. The molecule has 0 unspecified atom stereocenters. The van der Waals surface area contributed by atoms with Gasteiger partial charge in [-0.2, -0.15) is 0 Å². The lowest BCUT2D eigenvalue weighted by Gasteiger charge is -2.32. The Morgan fingerprint density at radius 2 is 1.43 bits per heavy atom. The zero-order valence-electron chi connectivity index (χ0n) is 13.8. The minimum Gasteiger partial charge on any atom is -0.399 e. The zero-order chi connectivity index (χ0) is 16.4. The fraction of sp³-hybridized carbons (Fsp3) is 0.333. The second-order valence-electron chi connectivity index (χ2n) is 7.13. The van der Waals surface area contributed by atoms with E-state index in [2.05, 4.69) is 52.0 Å². The molecule has 1 aliphatic rings. The highest BCUT2D eigenvalue weighted by atomic mass is 32.1. The third kappa shape index (κ3) is 2.11. The number of hydrogen-bond acceptors (Lipinski definition) is 4. The molecule has 0 bridgehead atoms. The first-order valence-corrected chi connectivity index (χ1v) is 8.67. The summed E-state index contributed by atoms with van der Waals surface area (Å²) in [4.78, 5) is 0. The molecule has 2 heterocycles. The molecule has 0 amide bonds. The maximum atomic E-state index is 6.27. The quantitative estimate of drug-likeness (QED) is 0.544. The second kappa shape index (κ2) is 4.73. The van der Waals surface area contributed by atoms with Gasteiger partial charge in [0, 0.05) is 25.9 Å². The van der Waals surface area contributed by atoms with Crippen molar-refractivity contribution >= 4 is 49.8 Å². The van der Waals surface area contributed by atoms with E-state index in [0.717, 1.165) is 21.9 Å². The summed E-state index contributed by atoms with van der Waals surface area (Å²) in [6.07, 6.45) is 0. The van der Waals surface area contributed by atoms with E-state index in [4.69, 9.17) is 15.0 Å². The lowest BCUT2D eigenvalue weighted by Crippen LogP contribution is -2.41. The van der Waals surface area contributed by atoms with Crippen LogP contribution in [-0.2, 0) is 9.31 Å². The van der Waals surface area contributed by atoms with E-state index in [-0.39, 0.29) is 18.3 Å². The van der Waals surface area contributed by atoms with Gasteiger partial charge in [0.25, 0.3) is 0 Å². The van der Waals surface area contributed by atoms with Crippen LogP contribution in [0.1, 0.15) is 27.7 Å². The van der Waals surface area contributed by atoms with E-state index in [1.54, 1.807) is 11.3 Å². The van der Waals surface area contributed by atoms with Crippen molar-refractivity contribution in [2.75, 3.05) is 5.73 Å². The molecule has 3 aromatic rings. The fourth-order valence-electron chi connectivity index (χ4n) is 3.09. The van der Waals surface area contributed by atoms with Crippen LogP contribution in [0.25, 0.3) is 20.2 Å². The number of rotatable bonds is 1. The molecule has 0 radical (unpaired) electrons. The van der Waals surface area contributed by atoms with Crippen LogP contribution in [0.3, 0.4) is 0 Å². The molecule has 0 saturated carbocycles. The Bertz CT molecular complexity index is 900. The summed E-state index contributed by atoms with van der Waals surface area (Å²) in [6.45, 7) is 8.31. The number of nitrogens with two attached hydrogens (primary N) is 1. The lowest BCUT2D eigenvalue weighted by molar-refractivity contribution is 0.00578. The number of nitrogen functional groups attached to an aromatic ring is 1. The summed E-state index contributed by atoms with van der Waals surface area (Å²) >= 11 is 1.76. The maximum Gasteiger partial charge on any atom is 0.495 e. The summed E-state index contributed by atoms with van der Waals surface area (Å²) in [7, 11) is -0.374. The van der Waals surface area contributed by atoms with Crippen molar-refractivity contribution in [1.29, 1.82) is 0 Å². The van der Waals surface area contributed by atoms with E-state index in [1.165, 1.54) is 9.40 Å². The van der Waals surface area contributed by atoms with Gasteiger partial charge in [0.1, 0.15) is 0 Å². The first kappa shape index (κ1) is 15.0. The van der Waals surface area contributed by atoms with Crippen LogP contribution in [0, 0.1) is 0 Å². The van der Waals surface area contributed by atoms with Crippen LogP contribution < -0.4 is 11.2 Å². The van der Waals surface area contributed by atoms with Crippen LogP contribution in [-0.4, -0.2) is 18.3 Å². The molecule has 118 valence electrons. The zero-order valence-corrected chi connectivity index (χ0v) is 14.7. The van der Waals surface area contributed by atoms with E-state index in [1.807, 2.05) is 12.1 Å². The molecule has 2 aromatic carbocycles. The van der Waals surface area contributed by atoms with Gasteiger partial charge in [-0.3, -0.25) is 0 Å². The van der Waals surface area contributed by atoms with Crippen molar-refractivity contribution in [3.05, 3.63) is 36.4 Å². The predicted molar refractivity (Wildman–Crippen MR) is 99.5 cm³/mol. The number of hydrogen-bond donors (Lipinski definition) is 1. The van der Waals surface area contributed by atoms with Crippen LogP contribution in [0.4, 0.5) is 5.69 Å². The fourth-order valence-corrected chi connectivity index (χ4v) is 4.26. The summed E-state index contributed by atoms with van der Waals surface area (Å²) in [5, 5.41) is 2.27. The van der Waals surface area contributed by atoms with Gasteiger partial charge in [-0.15, -0.1) is 11.3 Å². The van der Waals surface area contributed by atoms with Gasteiger partial charge in [-0.1, -0.05) is 18.2 Å². The Labute approximate surface area is 140 Å². The Morgan fingerprint density at radius 1 is 0.870 bits per heavy atom. The summed E-state index contributed by atoms with van der Waals surface area (Å²) in [5.41, 5.74) is 7.43. The van der Waals surface area contributed by atoms with Gasteiger partial charge in [0.05, 0.1) is 11.2 Å². The van der Waals surface area contributed by atoms with Gasteiger partial charge < -0.3 is 15.0 Å². The van der Waals surface area contributed by atoms with Crippen molar-refractivity contribution in [2.24, 2.45) is 0 Å². The van der Waals surface area contributed by atoms with Crippen LogP contribution in [0.5, 0.6) is 0 Å². The minimum atomic E-state index is -0.374. The average molecular weight is 325 g/mol. The van der Waals surface area contributed by atoms with Crippen LogP contribution >= 0.6 is 11.3 Å².